The van der Waals surface area contributed by atoms with Crippen molar-refractivity contribution < 1.29 is 9.13 Å². The lowest BCUT2D eigenvalue weighted by atomic mass is 10.2. The van der Waals surface area contributed by atoms with Gasteiger partial charge in [0.2, 0.25) is 0 Å². The Morgan fingerprint density at radius 1 is 1.25 bits per heavy atom. The number of anilines is 1. The number of aryl methyl sites for hydroxylation is 1. The normalized spacial score (nSPS) is 10.3. The van der Waals surface area contributed by atoms with E-state index < -0.39 is 5.82 Å². The molecule has 106 valence electrons. The van der Waals surface area contributed by atoms with E-state index >= 15 is 0 Å². The second-order valence-corrected chi connectivity index (χ2v) is 4.55. The van der Waals surface area contributed by atoms with Gasteiger partial charge in [-0.3, -0.25) is 0 Å². The summed E-state index contributed by atoms with van der Waals surface area (Å²) in [6.45, 7) is 5.05. The molecule has 0 atom stereocenters. The van der Waals surface area contributed by atoms with Crippen molar-refractivity contribution in [2.24, 2.45) is 0 Å². The zero-order valence-corrected chi connectivity index (χ0v) is 11.7. The Balaban J connectivity index is 2.00. The number of nitrogens with one attached hydrogen (secondary N) is 1. The summed E-state index contributed by atoms with van der Waals surface area (Å²) in [5.74, 6) is -0.290. The summed E-state index contributed by atoms with van der Waals surface area (Å²) >= 11 is 0. The van der Waals surface area contributed by atoms with Crippen LogP contribution in [-0.4, -0.2) is 16.5 Å². The molecule has 1 heterocycles. The Morgan fingerprint density at radius 2 is 2.00 bits per heavy atom. The number of ether oxygens (including phenoxy) is 1. The number of nitrogens with zero attached hydrogens (tertiary/aromatic N) is 2. The Hall–Kier alpha value is -2.17. The lowest BCUT2D eigenvalue weighted by molar-refractivity contribution is 0.280. The first-order valence-corrected chi connectivity index (χ1v) is 6.64. The molecule has 4 nitrogen and oxygen atoms in total. The molecule has 2 aromatic rings. The van der Waals surface area contributed by atoms with Gasteiger partial charge < -0.3 is 10.1 Å². The number of benzene rings is 1. The zero-order chi connectivity index (χ0) is 14.4. The van der Waals surface area contributed by atoms with E-state index in [-0.39, 0.29) is 11.8 Å². The Kier molecular flexibility index (Phi) is 4.87. The molecule has 0 bridgehead atoms. The van der Waals surface area contributed by atoms with E-state index in [9.17, 15) is 4.39 Å². The standard InChI is InChI=1S/C15H18FN3O/c1-3-8-17-14-13(16)9-18-15(19-14)20-10-12-6-4-11(2)5-7-12/h4-7,9H,3,8,10H2,1-2H3,(H,17,18,19). The highest BCUT2D eigenvalue weighted by atomic mass is 19.1. The van der Waals surface area contributed by atoms with Gasteiger partial charge >= 0.3 is 6.01 Å². The molecule has 0 radical (unpaired) electrons. The molecule has 20 heavy (non-hydrogen) atoms. The lowest BCUT2D eigenvalue weighted by Crippen LogP contribution is -2.07. The minimum absolute atomic E-state index is 0.172. The fraction of sp³-hybridized carbons (Fsp3) is 0.333. The first kappa shape index (κ1) is 14.2. The van der Waals surface area contributed by atoms with Crippen molar-refractivity contribution in [3.63, 3.8) is 0 Å². The molecular formula is C15H18FN3O. The maximum absolute atomic E-state index is 13.5. The van der Waals surface area contributed by atoms with Crippen LogP contribution in [0.3, 0.4) is 0 Å². The maximum atomic E-state index is 13.5. The van der Waals surface area contributed by atoms with E-state index in [1.54, 1.807) is 0 Å². The Labute approximate surface area is 118 Å². The van der Waals surface area contributed by atoms with Crippen LogP contribution in [0.1, 0.15) is 24.5 Å². The van der Waals surface area contributed by atoms with Gasteiger partial charge in [0.1, 0.15) is 6.61 Å². The number of hydrogen-bond acceptors (Lipinski definition) is 4. The van der Waals surface area contributed by atoms with E-state index in [4.69, 9.17) is 4.74 Å². The average molecular weight is 275 g/mol. The Bertz CT molecular complexity index is 558. The van der Waals surface area contributed by atoms with Gasteiger partial charge in [0.25, 0.3) is 0 Å². The topological polar surface area (TPSA) is 47.0 Å². The highest BCUT2D eigenvalue weighted by Crippen LogP contribution is 2.14. The minimum atomic E-state index is -0.471. The number of aromatic nitrogens is 2. The molecule has 0 amide bonds. The van der Waals surface area contributed by atoms with Crippen LogP contribution in [-0.2, 0) is 6.61 Å². The molecule has 0 unspecified atom stereocenters. The molecule has 0 fully saturated rings. The molecule has 0 aliphatic carbocycles. The summed E-state index contributed by atoms with van der Waals surface area (Å²) in [5.41, 5.74) is 2.21. The molecule has 0 saturated heterocycles. The van der Waals surface area contributed by atoms with Crippen molar-refractivity contribution in [3.05, 3.63) is 47.4 Å². The lowest BCUT2D eigenvalue weighted by Gasteiger charge is -2.08. The zero-order valence-electron chi connectivity index (χ0n) is 11.7. The molecule has 1 N–H and O–H groups in total. The van der Waals surface area contributed by atoms with E-state index in [1.807, 2.05) is 38.1 Å². The van der Waals surface area contributed by atoms with Gasteiger partial charge in [-0.25, -0.2) is 9.37 Å². The minimum Gasteiger partial charge on any atom is -0.459 e. The Morgan fingerprint density at radius 3 is 2.70 bits per heavy atom. The van der Waals surface area contributed by atoms with Crippen LogP contribution in [0.5, 0.6) is 6.01 Å². The molecule has 1 aromatic carbocycles. The number of hydrogen-bond donors (Lipinski definition) is 1. The van der Waals surface area contributed by atoms with Gasteiger partial charge in [-0.15, -0.1) is 0 Å². The van der Waals surface area contributed by atoms with Crippen LogP contribution < -0.4 is 10.1 Å². The molecule has 1 aromatic heterocycles. The summed E-state index contributed by atoms with van der Waals surface area (Å²) in [6.07, 6.45) is 2.01. The second-order valence-electron chi connectivity index (χ2n) is 4.55. The van der Waals surface area contributed by atoms with Crippen LogP contribution >= 0.6 is 0 Å². The van der Waals surface area contributed by atoms with Crippen LogP contribution in [0.4, 0.5) is 10.2 Å². The molecule has 5 heteroatoms. The SMILES string of the molecule is CCCNc1nc(OCc2ccc(C)cc2)ncc1F. The fourth-order valence-corrected chi connectivity index (χ4v) is 1.62. The third kappa shape index (κ3) is 3.91. The predicted octanol–water partition coefficient (Wildman–Crippen LogP) is 3.33. The van der Waals surface area contributed by atoms with Crippen molar-refractivity contribution in [3.8, 4) is 6.01 Å². The van der Waals surface area contributed by atoms with Gasteiger partial charge in [-0.05, 0) is 18.9 Å². The third-order valence-electron chi connectivity index (χ3n) is 2.75. The summed E-state index contributed by atoms with van der Waals surface area (Å²) < 4.78 is 18.9. The smallest absolute Gasteiger partial charge is 0.318 e. The van der Waals surface area contributed by atoms with E-state index in [2.05, 4.69) is 15.3 Å². The van der Waals surface area contributed by atoms with Crippen molar-refractivity contribution in [1.82, 2.24) is 9.97 Å². The fourth-order valence-electron chi connectivity index (χ4n) is 1.62. The molecule has 0 aliphatic rings. The monoisotopic (exact) mass is 275 g/mol. The first-order valence-electron chi connectivity index (χ1n) is 6.64. The highest BCUT2D eigenvalue weighted by Gasteiger charge is 2.07. The van der Waals surface area contributed by atoms with Crippen LogP contribution in [0.2, 0.25) is 0 Å². The van der Waals surface area contributed by atoms with E-state index in [1.165, 1.54) is 5.56 Å². The van der Waals surface area contributed by atoms with Gasteiger partial charge in [-0.1, -0.05) is 36.8 Å². The van der Waals surface area contributed by atoms with Crippen molar-refractivity contribution >= 4 is 5.82 Å². The maximum Gasteiger partial charge on any atom is 0.318 e. The molecule has 0 aliphatic heterocycles. The number of rotatable bonds is 6. The quantitative estimate of drug-likeness (QED) is 0.878. The van der Waals surface area contributed by atoms with Gasteiger partial charge in [0.15, 0.2) is 11.6 Å². The molecule has 0 saturated carbocycles. The molecular weight excluding hydrogens is 257 g/mol. The molecule has 2 rings (SSSR count). The van der Waals surface area contributed by atoms with Crippen molar-refractivity contribution in [2.75, 3.05) is 11.9 Å². The largest absolute Gasteiger partial charge is 0.459 e. The summed E-state index contributed by atoms with van der Waals surface area (Å²) in [6, 6.07) is 8.16. The average Bonchev–Trinajstić information content (AvgIpc) is 2.46. The first-order chi connectivity index (χ1) is 9.69. The molecule has 0 spiro atoms. The highest BCUT2D eigenvalue weighted by molar-refractivity contribution is 5.35. The third-order valence-corrected chi connectivity index (χ3v) is 2.75. The summed E-state index contributed by atoms with van der Waals surface area (Å²) in [4.78, 5) is 7.85. The van der Waals surface area contributed by atoms with Crippen molar-refractivity contribution in [2.45, 2.75) is 26.9 Å². The van der Waals surface area contributed by atoms with E-state index in [0.717, 1.165) is 18.2 Å². The van der Waals surface area contributed by atoms with Crippen LogP contribution in [0, 0.1) is 12.7 Å². The van der Waals surface area contributed by atoms with Gasteiger partial charge in [0, 0.05) is 6.54 Å². The second kappa shape index (κ2) is 6.84. The van der Waals surface area contributed by atoms with Gasteiger partial charge in [-0.2, -0.15) is 4.98 Å². The van der Waals surface area contributed by atoms with Crippen LogP contribution in [0.15, 0.2) is 30.5 Å². The summed E-state index contributed by atoms with van der Waals surface area (Å²) in [7, 11) is 0. The van der Waals surface area contributed by atoms with Crippen molar-refractivity contribution in [1.29, 1.82) is 0 Å². The van der Waals surface area contributed by atoms with E-state index in [0.29, 0.717) is 13.2 Å². The van der Waals surface area contributed by atoms with Gasteiger partial charge in [0.05, 0.1) is 6.20 Å². The number of halogens is 1. The predicted molar refractivity (Wildman–Crippen MR) is 76.3 cm³/mol. The summed E-state index contributed by atoms with van der Waals surface area (Å²) in [5, 5.41) is 2.90. The van der Waals surface area contributed by atoms with Crippen LogP contribution in [0.25, 0.3) is 0 Å².